The third kappa shape index (κ3) is 6.03. The minimum absolute atomic E-state index is 0.427. The summed E-state index contributed by atoms with van der Waals surface area (Å²) >= 11 is 5.37. The minimum Gasteiger partial charge on any atom is -0.396 e. The average molecular weight is 506 g/mol. The summed E-state index contributed by atoms with van der Waals surface area (Å²) in [5, 5.41) is 11.1. The van der Waals surface area contributed by atoms with Gasteiger partial charge in [0, 0.05) is 22.2 Å². The van der Waals surface area contributed by atoms with Crippen LogP contribution in [0, 0.1) is 36.9 Å². The Hall–Kier alpha value is -3.01. The van der Waals surface area contributed by atoms with Crippen molar-refractivity contribution in [3.8, 4) is 17.2 Å². The fourth-order valence-electron chi connectivity index (χ4n) is 4.58. The summed E-state index contributed by atoms with van der Waals surface area (Å²) in [5.74, 6) is 0. The van der Waals surface area contributed by atoms with Gasteiger partial charge in [0.25, 0.3) is 0 Å². The molecular weight excluding hydrogens is 462 g/mol. The van der Waals surface area contributed by atoms with Gasteiger partial charge in [-0.3, -0.25) is 0 Å². The molecule has 1 heterocycles. The molecule has 5 nitrogen and oxygen atoms in total. The molecule has 5 N–H and O–H groups in total. The summed E-state index contributed by atoms with van der Waals surface area (Å²) in [6.07, 6.45) is 2.94. The van der Waals surface area contributed by atoms with Gasteiger partial charge in [0.1, 0.15) is 0 Å². The second-order valence-electron chi connectivity index (χ2n) is 8.97. The summed E-state index contributed by atoms with van der Waals surface area (Å²) < 4.78 is 0.427. The summed E-state index contributed by atoms with van der Waals surface area (Å²) in [6, 6.07) is 6.65. The molecule has 0 spiro atoms. The highest BCUT2D eigenvalue weighted by Gasteiger charge is 2.24. The summed E-state index contributed by atoms with van der Waals surface area (Å²) in [4.78, 5) is 7.83. The van der Waals surface area contributed by atoms with Gasteiger partial charge in [-0.15, -0.1) is 0 Å². The van der Waals surface area contributed by atoms with Gasteiger partial charge in [-0.25, -0.2) is 4.98 Å². The first kappa shape index (κ1) is 31.0. The maximum absolute atomic E-state index is 10.0. The van der Waals surface area contributed by atoms with Crippen LogP contribution in [0.5, 0.6) is 0 Å². The quantitative estimate of drug-likeness (QED) is 0.190. The second-order valence-corrected chi connectivity index (χ2v) is 9.35. The highest BCUT2D eigenvalue weighted by molar-refractivity contribution is 7.71. The Bertz CT molecular complexity index is 1350. The number of aryl methyl sites for hydroxylation is 3. The van der Waals surface area contributed by atoms with Gasteiger partial charge >= 0.3 is 0 Å². The number of nitrogens with one attached hydrogen (secondary N) is 1. The molecule has 0 bridgehead atoms. The molecule has 0 unspecified atom stereocenters. The lowest BCUT2D eigenvalue weighted by Crippen LogP contribution is -2.08. The lowest BCUT2D eigenvalue weighted by atomic mass is 9.82. The number of nitrogen functional groups attached to an aromatic ring is 1. The predicted molar refractivity (Wildman–Crippen MR) is 160 cm³/mol. The first-order chi connectivity index (χ1) is 17.1. The van der Waals surface area contributed by atoms with E-state index in [1.807, 2.05) is 20.8 Å². The van der Waals surface area contributed by atoms with Crippen LogP contribution in [0.25, 0.3) is 27.6 Å². The van der Waals surface area contributed by atoms with Crippen LogP contribution in [-0.4, -0.2) is 17.0 Å². The van der Waals surface area contributed by atoms with E-state index < -0.39 is 0 Å². The Labute approximate surface area is 222 Å². The Morgan fingerprint density at radius 1 is 1.03 bits per heavy atom. The van der Waals surface area contributed by atoms with Crippen molar-refractivity contribution in [2.24, 2.45) is 5.73 Å². The molecular formula is C30H43N5S. The first-order valence-corrected chi connectivity index (χ1v) is 13.1. The Kier molecular flexibility index (Phi) is 12.0. The molecule has 6 heteroatoms. The van der Waals surface area contributed by atoms with Gasteiger partial charge in [0.05, 0.1) is 22.8 Å². The van der Waals surface area contributed by atoms with E-state index in [2.05, 4.69) is 75.4 Å². The molecule has 0 fully saturated rings. The van der Waals surface area contributed by atoms with Crippen molar-refractivity contribution in [3.63, 3.8) is 0 Å². The summed E-state index contributed by atoms with van der Waals surface area (Å²) in [6.45, 7) is 18.7. The number of hydrogen-bond donors (Lipinski definition) is 3. The van der Waals surface area contributed by atoms with Crippen molar-refractivity contribution in [1.82, 2.24) is 9.97 Å². The topological polar surface area (TPSA) is 105 Å². The van der Waals surface area contributed by atoms with Crippen LogP contribution in [0.4, 0.5) is 5.69 Å². The van der Waals surface area contributed by atoms with Crippen LogP contribution < -0.4 is 11.5 Å². The normalized spacial score (nSPS) is 10.1. The lowest BCUT2D eigenvalue weighted by Gasteiger charge is -2.23. The van der Waals surface area contributed by atoms with Crippen molar-refractivity contribution >= 4 is 34.4 Å². The number of nitrogens with two attached hydrogens (primary N) is 2. The number of nitriles is 1. The van der Waals surface area contributed by atoms with E-state index >= 15 is 0 Å². The molecule has 0 aliphatic heterocycles. The van der Waals surface area contributed by atoms with E-state index in [0.717, 1.165) is 62.8 Å². The molecule has 0 amide bonds. The first-order valence-electron chi connectivity index (χ1n) is 12.7. The van der Waals surface area contributed by atoms with E-state index in [1.54, 1.807) is 0 Å². The van der Waals surface area contributed by atoms with Gasteiger partial charge in [-0.05, 0) is 94.5 Å². The van der Waals surface area contributed by atoms with Gasteiger partial charge in [-0.2, -0.15) is 5.26 Å². The molecule has 1 aromatic heterocycles. The van der Waals surface area contributed by atoms with Crippen LogP contribution in [-0.2, 0) is 12.8 Å². The number of anilines is 1. The fourth-order valence-corrected chi connectivity index (χ4v) is 4.83. The van der Waals surface area contributed by atoms with Crippen LogP contribution in [0.1, 0.15) is 81.5 Å². The maximum Gasteiger partial charge on any atom is 0.197 e. The molecule has 194 valence electrons. The highest BCUT2D eigenvalue weighted by atomic mass is 32.1. The third-order valence-corrected chi connectivity index (χ3v) is 6.38. The molecule has 0 saturated carbocycles. The van der Waals surface area contributed by atoms with Crippen LogP contribution in [0.15, 0.2) is 17.7 Å². The average Bonchev–Trinajstić information content (AvgIpc) is 2.84. The van der Waals surface area contributed by atoms with E-state index in [-0.39, 0.29) is 0 Å². The molecule has 36 heavy (non-hydrogen) atoms. The van der Waals surface area contributed by atoms with Crippen molar-refractivity contribution in [3.05, 3.63) is 56.0 Å². The predicted octanol–water partition coefficient (Wildman–Crippen LogP) is 7.90. The number of allylic oxidation sites excluding steroid dienone is 2. The van der Waals surface area contributed by atoms with E-state index in [1.165, 1.54) is 24.6 Å². The minimum atomic E-state index is 0.427. The van der Waals surface area contributed by atoms with Gasteiger partial charge in [0.15, 0.2) is 4.77 Å². The molecule has 0 aliphatic carbocycles. The Balaban J connectivity index is 0.00000120. The molecule has 0 radical (unpaired) electrons. The molecule has 0 aliphatic rings. The number of aromatic amines is 1. The molecule has 0 saturated heterocycles. The van der Waals surface area contributed by atoms with Crippen LogP contribution in [0.3, 0.4) is 0 Å². The Morgan fingerprint density at radius 3 is 2.06 bits per heavy atom. The van der Waals surface area contributed by atoms with Crippen molar-refractivity contribution in [2.75, 3.05) is 12.8 Å². The highest BCUT2D eigenvalue weighted by Crippen LogP contribution is 2.44. The van der Waals surface area contributed by atoms with Crippen molar-refractivity contribution < 1.29 is 0 Å². The van der Waals surface area contributed by atoms with E-state index in [9.17, 15) is 5.26 Å². The third-order valence-electron chi connectivity index (χ3n) is 6.19. The largest absolute Gasteiger partial charge is 0.396 e. The number of aromatic nitrogens is 2. The monoisotopic (exact) mass is 505 g/mol. The van der Waals surface area contributed by atoms with Crippen LogP contribution in [0.2, 0.25) is 0 Å². The molecule has 3 aromatic rings. The molecule has 2 aromatic carbocycles. The van der Waals surface area contributed by atoms with E-state index in [4.69, 9.17) is 18.0 Å². The number of rotatable bonds is 4. The van der Waals surface area contributed by atoms with E-state index in [0.29, 0.717) is 16.0 Å². The van der Waals surface area contributed by atoms with Gasteiger partial charge in [-0.1, -0.05) is 51.8 Å². The number of H-pyrrole nitrogens is 1. The second kappa shape index (κ2) is 13.9. The number of benzene rings is 2. The number of nitrogens with zero attached hydrogens (tertiary/aromatic N) is 2. The molecule has 3 rings (SSSR count). The zero-order valence-electron chi connectivity index (χ0n) is 23.7. The smallest absolute Gasteiger partial charge is 0.197 e. The standard InChI is InChI=1S/C26H30N4S.C3H8.CH5N/c1-8-17-18(9-2)23(24(28)25-22(17)16(7)29-26(31)30-25)19-11-10-14(5)15(6)21(19)20(12-27)13(3)4;1-3-2;1-2/h10-11H,8-9,28H2,1-7H3,(H,29,30,31);3H2,1-2H3;2H2,1H3. The van der Waals surface area contributed by atoms with Crippen molar-refractivity contribution in [1.29, 1.82) is 5.26 Å². The van der Waals surface area contributed by atoms with Gasteiger partial charge < -0.3 is 16.5 Å². The summed E-state index contributed by atoms with van der Waals surface area (Å²) in [7, 11) is 1.50. The lowest BCUT2D eigenvalue weighted by molar-refractivity contribution is 1.04. The number of hydrogen-bond acceptors (Lipinski definition) is 5. The maximum atomic E-state index is 10.0. The molecule has 0 atom stereocenters. The number of fused-ring (bicyclic) bond motifs is 1. The zero-order chi connectivity index (χ0) is 27.7. The SMILES string of the molecule is CCC.CCc1c(-c2ccc(C)c(C)c2C(C#N)=C(C)C)c(N)c2nc(=S)[nH]c(C)c2c1CC.CN. The fraction of sp³-hybridized carbons (Fsp3) is 0.433. The zero-order valence-corrected chi connectivity index (χ0v) is 24.5. The summed E-state index contributed by atoms with van der Waals surface area (Å²) in [5.41, 5.74) is 23.0. The van der Waals surface area contributed by atoms with Crippen LogP contribution >= 0.6 is 12.2 Å². The van der Waals surface area contributed by atoms with Crippen molar-refractivity contribution in [2.45, 2.75) is 81.6 Å². The Morgan fingerprint density at radius 2 is 1.58 bits per heavy atom. The van der Waals surface area contributed by atoms with Gasteiger partial charge in [0.2, 0.25) is 0 Å².